The summed E-state index contributed by atoms with van der Waals surface area (Å²) in [6, 6.07) is 11.5. The maximum atomic E-state index is 12.2. The zero-order valence-corrected chi connectivity index (χ0v) is 13.4. The van der Waals surface area contributed by atoms with Gasteiger partial charge in [-0.2, -0.15) is 0 Å². The predicted molar refractivity (Wildman–Crippen MR) is 95.7 cm³/mol. The van der Waals surface area contributed by atoms with E-state index >= 15 is 0 Å². The van der Waals surface area contributed by atoms with E-state index in [0.717, 1.165) is 0 Å². The molecule has 0 bridgehead atoms. The number of nitrogens with zero attached hydrogens (tertiary/aromatic N) is 1. The van der Waals surface area contributed by atoms with E-state index in [9.17, 15) is 14.4 Å². The Labute approximate surface area is 143 Å². The monoisotopic (exact) mass is 336 g/mol. The minimum absolute atomic E-state index is 0.0965. The Morgan fingerprint density at radius 2 is 1.60 bits per heavy atom. The number of carbonyl (C=O) groups excluding carboxylic acids is 1. The van der Waals surface area contributed by atoms with E-state index in [2.05, 4.69) is 20.9 Å². The van der Waals surface area contributed by atoms with Crippen molar-refractivity contribution in [3.8, 4) is 0 Å². The first-order valence-corrected chi connectivity index (χ1v) is 7.65. The number of pyridine rings is 1. The highest BCUT2D eigenvalue weighted by atomic mass is 16.2. The fourth-order valence-corrected chi connectivity index (χ4v) is 2.46. The summed E-state index contributed by atoms with van der Waals surface area (Å²) in [6.45, 7) is 0. The van der Waals surface area contributed by atoms with Crippen LogP contribution in [0.5, 0.6) is 0 Å². The van der Waals surface area contributed by atoms with E-state index in [4.69, 9.17) is 0 Å². The average molecular weight is 336 g/mol. The Morgan fingerprint density at radius 3 is 2.24 bits per heavy atom. The molecule has 25 heavy (non-hydrogen) atoms. The molecule has 0 saturated carbocycles. The van der Waals surface area contributed by atoms with Crippen LogP contribution in [0.1, 0.15) is 11.6 Å². The van der Waals surface area contributed by atoms with E-state index in [0.29, 0.717) is 11.3 Å². The van der Waals surface area contributed by atoms with E-state index in [1.54, 1.807) is 48.8 Å². The smallest absolute Gasteiger partial charge is 0.253 e. The van der Waals surface area contributed by atoms with E-state index in [1.165, 1.54) is 7.05 Å². The summed E-state index contributed by atoms with van der Waals surface area (Å²) >= 11 is 0. The fraction of sp³-hybridized carbons (Fsp3) is 0.111. The van der Waals surface area contributed by atoms with Crippen molar-refractivity contribution in [1.29, 1.82) is 0 Å². The standard InChI is InChI=1S/C18H16N4O3/c1-19-18(25)13(11-5-3-2-4-6-11)22-15-14(16(23)17(15)24)21-12-7-9-20-10-8-12/h2-10,13,22H,1H3,(H,19,25)(H,20,21). The highest BCUT2D eigenvalue weighted by Gasteiger charge is 2.27. The first-order chi connectivity index (χ1) is 12.1. The van der Waals surface area contributed by atoms with Crippen LogP contribution in [0.3, 0.4) is 0 Å². The van der Waals surface area contributed by atoms with Crippen molar-refractivity contribution in [2.24, 2.45) is 0 Å². The van der Waals surface area contributed by atoms with Crippen LogP contribution in [0.15, 0.2) is 64.4 Å². The minimum atomic E-state index is -0.785. The summed E-state index contributed by atoms with van der Waals surface area (Å²) in [7, 11) is 1.51. The van der Waals surface area contributed by atoms with Crippen molar-refractivity contribution in [2.45, 2.75) is 6.04 Å². The molecular weight excluding hydrogens is 320 g/mol. The van der Waals surface area contributed by atoms with Gasteiger partial charge < -0.3 is 16.0 Å². The molecular formula is C18H16N4O3. The van der Waals surface area contributed by atoms with Gasteiger partial charge in [-0.15, -0.1) is 0 Å². The maximum Gasteiger partial charge on any atom is 0.253 e. The van der Waals surface area contributed by atoms with Gasteiger partial charge >= 0.3 is 0 Å². The molecule has 3 aromatic rings. The van der Waals surface area contributed by atoms with Crippen LogP contribution in [0.25, 0.3) is 0 Å². The van der Waals surface area contributed by atoms with Gasteiger partial charge in [0.1, 0.15) is 17.4 Å². The Balaban J connectivity index is 1.91. The van der Waals surface area contributed by atoms with Crippen molar-refractivity contribution in [3.63, 3.8) is 0 Å². The normalized spacial score (nSPS) is 11.7. The van der Waals surface area contributed by atoms with E-state index in [1.807, 2.05) is 6.07 Å². The van der Waals surface area contributed by atoms with Crippen LogP contribution in [0.2, 0.25) is 0 Å². The number of rotatable bonds is 6. The summed E-state index contributed by atoms with van der Waals surface area (Å²) in [5, 5.41) is 8.35. The lowest BCUT2D eigenvalue weighted by Gasteiger charge is -2.21. The van der Waals surface area contributed by atoms with Crippen LogP contribution in [-0.4, -0.2) is 17.9 Å². The lowest BCUT2D eigenvalue weighted by molar-refractivity contribution is -0.121. The predicted octanol–water partition coefficient (Wildman–Crippen LogP) is 1.32. The number of hydrogen-bond acceptors (Lipinski definition) is 6. The lowest BCUT2D eigenvalue weighted by Crippen LogP contribution is -2.40. The van der Waals surface area contributed by atoms with Gasteiger partial charge in [0, 0.05) is 25.1 Å². The molecule has 1 aromatic heterocycles. The molecule has 0 aliphatic rings. The number of hydrogen-bond donors (Lipinski definition) is 3. The molecule has 0 radical (unpaired) electrons. The van der Waals surface area contributed by atoms with Crippen molar-refractivity contribution in [3.05, 3.63) is 80.9 Å². The number of likely N-dealkylation sites (N-methyl/N-ethyl adjacent to an activating group) is 1. The van der Waals surface area contributed by atoms with Gasteiger partial charge in [-0.05, 0) is 17.7 Å². The van der Waals surface area contributed by atoms with Crippen LogP contribution >= 0.6 is 0 Å². The highest BCUT2D eigenvalue weighted by molar-refractivity contribution is 5.88. The molecule has 2 aromatic carbocycles. The fourth-order valence-electron chi connectivity index (χ4n) is 2.46. The first kappa shape index (κ1) is 16.4. The molecule has 0 aliphatic carbocycles. The summed E-state index contributed by atoms with van der Waals surface area (Å²) in [6.07, 6.45) is 3.14. The second-order valence-corrected chi connectivity index (χ2v) is 5.37. The summed E-state index contributed by atoms with van der Waals surface area (Å²) < 4.78 is 0. The Hall–Kier alpha value is -3.48. The molecule has 7 nitrogen and oxygen atoms in total. The SMILES string of the molecule is CNC(=O)C(Nc1c(Nc2ccncc2)c(=O)c1=O)c1ccccc1. The summed E-state index contributed by atoms with van der Waals surface area (Å²) in [5.74, 6) is -0.311. The number of benzene rings is 1. The van der Waals surface area contributed by atoms with Gasteiger partial charge in [-0.3, -0.25) is 19.4 Å². The van der Waals surface area contributed by atoms with Crippen molar-refractivity contribution in [1.82, 2.24) is 10.3 Å². The average Bonchev–Trinajstić information content (AvgIpc) is 2.68. The molecule has 126 valence electrons. The van der Waals surface area contributed by atoms with Crippen LogP contribution in [0, 0.1) is 0 Å². The zero-order valence-electron chi connectivity index (χ0n) is 13.4. The van der Waals surface area contributed by atoms with Gasteiger partial charge in [0.25, 0.3) is 10.9 Å². The van der Waals surface area contributed by atoms with Crippen molar-refractivity contribution < 1.29 is 4.79 Å². The molecule has 1 amide bonds. The van der Waals surface area contributed by atoms with Crippen LogP contribution < -0.4 is 26.8 Å². The number of carbonyl (C=O) groups is 1. The third-order valence-electron chi connectivity index (χ3n) is 3.79. The molecule has 1 atom stereocenters. The largest absolute Gasteiger partial charge is 0.365 e. The molecule has 0 aliphatic heterocycles. The maximum absolute atomic E-state index is 12.2. The molecule has 0 fully saturated rings. The molecule has 1 unspecified atom stereocenters. The Bertz CT molecular complexity index is 948. The lowest BCUT2D eigenvalue weighted by atomic mass is 10.0. The highest BCUT2D eigenvalue weighted by Crippen LogP contribution is 2.25. The Kier molecular flexibility index (Phi) is 4.56. The number of aromatic nitrogens is 1. The first-order valence-electron chi connectivity index (χ1n) is 7.65. The van der Waals surface area contributed by atoms with E-state index in [-0.39, 0.29) is 17.3 Å². The van der Waals surface area contributed by atoms with Crippen LogP contribution in [-0.2, 0) is 4.79 Å². The van der Waals surface area contributed by atoms with Gasteiger partial charge in [0.2, 0.25) is 5.91 Å². The third-order valence-corrected chi connectivity index (χ3v) is 3.79. The van der Waals surface area contributed by atoms with Crippen LogP contribution in [0.4, 0.5) is 17.1 Å². The van der Waals surface area contributed by atoms with Crippen molar-refractivity contribution >= 4 is 23.0 Å². The van der Waals surface area contributed by atoms with Gasteiger partial charge in [0.05, 0.1) is 0 Å². The molecule has 1 heterocycles. The Morgan fingerprint density at radius 1 is 0.960 bits per heavy atom. The molecule has 3 rings (SSSR count). The van der Waals surface area contributed by atoms with Gasteiger partial charge in [-0.25, -0.2) is 0 Å². The minimum Gasteiger partial charge on any atom is -0.365 e. The second kappa shape index (κ2) is 6.96. The quantitative estimate of drug-likeness (QED) is 0.587. The van der Waals surface area contributed by atoms with Gasteiger partial charge in [0.15, 0.2) is 0 Å². The molecule has 0 saturated heterocycles. The topological polar surface area (TPSA) is 100 Å². The zero-order chi connectivity index (χ0) is 17.8. The van der Waals surface area contributed by atoms with E-state index < -0.39 is 16.9 Å². The van der Waals surface area contributed by atoms with Crippen molar-refractivity contribution in [2.75, 3.05) is 17.7 Å². The summed E-state index contributed by atoms with van der Waals surface area (Å²) in [4.78, 5) is 40.0. The van der Waals surface area contributed by atoms with Gasteiger partial charge in [-0.1, -0.05) is 30.3 Å². The molecule has 7 heteroatoms. The third kappa shape index (κ3) is 3.25. The summed E-state index contributed by atoms with van der Waals surface area (Å²) in [5.41, 5.74) is 0.274. The molecule has 3 N–H and O–H groups in total. The molecule has 0 spiro atoms. The number of nitrogens with one attached hydrogen (secondary N) is 3. The number of anilines is 3. The second-order valence-electron chi connectivity index (χ2n) is 5.37. The number of amides is 1.